The molecular formula is C12H18N6OS. The van der Waals surface area contributed by atoms with Gasteiger partial charge in [-0.1, -0.05) is 5.16 Å². The van der Waals surface area contributed by atoms with Gasteiger partial charge in [0.25, 0.3) is 0 Å². The Hall–Kier alpha value is -1.41. The minimum Gasteiger partial charge on any atom is -0.338 e. The number of nitrogens with zero attached hydrogens (tertiary/aromatic N) is 5. The predicted molar refractivity (Wildman–Crippen MR) is 75.0 cm³/mol. The van der Waals surface area contributed by atoms with Gasteiger partial charge in [-0.2, -0.15) is 21.8 Å². The van der Waals surface area contributed by atoms with Crippen LogP contribution in [0.1, 0.15) is 42.2 Å². The van der Waals surface area contributed by atoms with Crippen LogP contribution in [0.4, 0.5) is 0 Å². The summed E-state index contributed by atoms with van der Waals surface area (Å²) in [5, 5.41) is 11.2. The molecular weight excluding hydrogens is 276 g/mol. The Balaban J connectivity index is 1.69. The van der Waals surface area contributed by atoms with Gasteiger partial charge in [0.2, 0.25) is 5.89 Å². The molecule has 8 heteroatoms. The van der Waals surface area contributed by atoms with E-state index in [1.54, 1.807) is 11.8 Å². The van der Waals surface area contributed by atoms with Crippen LogP contribution in [0, 0.1) is 6.92 Å². The summed E-state index contributed by atoms with van der Waals surface area (Å²) >= 11 is 1.69. The number of likely N-dealkylation sites (tertiary alicyclic amines) is 1. The molecule has 2 aromatic rings. The van der Waals surface area contributed by atoms with Crippen molar-refractivity contribution in [2.75, 3.05) is 12.8 Å². The Morgan fingerprint density at radius 1 is 1.45 bits per heavy atom. The molecule has 0 aromatic carbocycles. The van der Waals surface area contributed by atoms with Gasteiger partial charge in [0.15, 0.2) is 11.6 Å². The first-order valence-corrected chi connectivity index (χ1v) is 8.09. The minimum atomic E-state index is 0.246. The summed E-state index contributed by atoms with van der Waals surface area (Å²) in [6.45, 7) is 3.60. The zero-order valence-electron chi connectivity index (χ0n) is 11.7. The fraction of sp³-hybridized carbons (Fsp3) is 0.667. The molecule has 1 saturated heterocycles. The van der Waals surface area contributed by atoms with Gasteiger partial charge in [-0.15, -0.1) is 0 Å². The Morgan fingerprint density at radius 3 is 3.10 bits per heavy atom. The van der Waals surface area contributed by atoms with Gasteiger partial charge < -0.3 is 4.52 Å². The summed E-state index contributed by atoms with van der Waals surface area (Å²) in [5.74, 6) is 3.94. The first kappa shape index (κ1) is 13.6. The molecule has 20 heavy (non-hydrogen) atoms. The second-order valence-electron chi connectivity index (χ2n) is 4.94. The first-order chi connectivity index (χ1) is 9.76. The van der Waals surface area contributed by atoms with Gasteiger partial charge in [-0.05, 0) is 32.6 Å². The normalized spacial score (nSPS) is 19.8. The molecule has 1 atom stereocenters. The molecule has 0 bridgehead atoms. The van der Waals surface area contributed by atoms with E-state index in [9.17, 15) is 0 Å². The summed E-state index contributed by atoms with van der Waals surface area (Å²) in [7, 11) is 0. The predicted octanol–water partition coefficient (Wildman–Crippen LogP) is 1.70. The van der Waals surface area contributed by atoms with Crippen molar-refractivity contribution in [3.05, 3.63) is 23.4 Å². The monoisotopic (exact) mass is 294 g/mol. The van der Waals surface area contributed by atoms with Crippen molar-refractivity contribution in [1.82, 2.24) is 30.2 Å². The number of rotatable bonds is 5. The number of aryl methyl sites for hydroxylation is 1. The minimum absolute atomic E-state index is 0.246. The number of thioether (sulfide) groups is 1. The molecule has 0 amide bonds. The number of aromatic nitrogens is 5. The molecule has 0 saturated carbocycles. The highest BCUT2D eigenvalue weighted by atomic mass is 32.2. The van der Waals surface area contributed by atoms with Crippen LogP contribution in [0.3, 0.4) is 0 Å². The maximum absolute atomic E-state index is 5.30. The molecule has 2 aromatic heterocycles. The van der Waals surface area contributed by atoms with Gasteiger partial charge in [0, 0.05) is 0 Å². The number of aromatic amines is 1. The van der Waals surface area contributed by atoms with E-state index in [4.69, 9.17) is 4.52 Å². The maximum Gasteiger partial charge on any atom is 0.240 e. The SMILES string of the molecule is CSCc1noc(CN2CCCC2c2n[nH]c(C)n2)n1. The fourth-order valence-electron chi connectivity index (χ4n) is 2.53. The molecule has 0 spiro atoms. The Morgan fingerprint density at radius 2 is 2.35 bits per heavy atom. The quantitative estimate of drug-likeness (QED) is 0.898. The van der Waals surface area contributed by atoms with Crippen LogP contribution in [-0.4, -0.2) is 43.0 Å². The number of hydrogen-bond acceptors (Lipinski definition) is 7. The van der Waals surface area contributed by atoms with Crippen molar-refractivity contribution in [2.45, 2.75) is 38.1 Å². The van der Waals surface area contributed by atoms with Crippen molar-refractivity contribution in [3.8, 4) is 0 Å². The Bertz CT molecular complexity index is 568. The molecule has 1 fully saturated rings. The second-order valence-corrected chi connectivity index (χ2v) is 5.81. The van der Waals surface area contributed by atoms with Crippen LogP contribution < -0.4 is 0 Å². The maximum atomic E-state index is 5.30. The van der Waals surface area contributed by atoms with Gasteiger partial charge in [-0.25, -0.2) is 4.98 Å². The van der Waals surface area contributed by atoms with E-state index < -0.39 is 0 Å². The summed E-state index contributed by atoms with van der Waals surface area (Å²) in [6, 6.07) is 0.246. The molecule has 1 aliphatic heterocycles. The van der Waals surface area contributed by atoms with Crippen LogP contribution in [0.2, 0.25) is 0 Å². The van der Waals surface area contributed by atoms with Crippen molar-refractivity contribution >= 4 is 11.8 Å². The lowest BCUT2D eigenvalue weighted by Gasteiger charge is -2.19. The van der Waals surface area contributed by atoms with Gasteiger partial charge >= 0.3 is 0 Å². The van der Waals surface area contributed by atoms with Crippen molar-refractivity contribution in [1.29, 1.82) is 0 Å². The lowest BCUT2D eigenvalue weighted by atomic mass is 10.2. The van der Waals surface area contributed by atoms with Crippen LogP contribution >= 0.6 is 11.8 Å². The van der Waals surface area contributed by atoms with E-state index in [0.717, 1.165) is 42.6 Å². The fourth-order valence-corrected chi connectivity index (χ4v) is 2.91. The third-order valence-electron chi connectivity index (χ3n) is 3.40. The molecule has 108 valence electrons. The standard InChI is InChI=1S/C12H18N6OS/c1-8-13-12(16-15-8)9-4-3-5-18(9)6-11-14-10(7-20-2)17-19-11/h9H,3-7H2,1-2H3,(H,13,15,16). The van der Waals surface area contributed by atoms with E-state index in [-0.39, 0.29) is 6.04 Å². The number of H-pyrrole nitrogens is 1. The zero-order chi connectivity index (χ0) is 13.9. The van der Waals surface area contributed by atoms with Crippen LogP contribution in [0.25, 0.3) is 0 Å². The average Bonchev–Trinajstić information content (AvgIpc) is 3.12. The highest BCUT2D eigenvalue weighted by Crippen LogP contribution is 2.30. The summed E-state index contributed by atoms with van der Waals surface area (Å²) in [6.07, 6.45) is 4.24. The highest BCUT2D eigenvalue weighted by molar-refractivity contribution is 7.97. The molecule has 0 radical (unpaired) electrons. The van der Waals surface area contributed by atoms with E-state index in [2.05, 4.69) is 30.2 Å². The van der Waals surface area contributed by atoms with Gasteiger partial charge in [0.1, 0.15) is 5.82 Å². The van der Waals surface area contributed by atoms with Crippen molar-refractivity contribution < 1.29 is 4.52 Å². The number of nitrogens with one attached hydrogen (secondary N) is 1. The largest absolute Gasteiger partial charge is 0.338 e. The second kappa shape index (κ2) is 5.92. The van der Waals surface area contributed by atoms with E-state index in [1.807, 2.05) is 13.2 Å². The Labute approximate surface area is 121 Å². The molecule has 3 rings (SSSR count). The topological polar surface area (TPSA) is 83.7 Å². The van der Waals surface area contributed by atoms with Crippen LogP contribution in [0.5, 0.6) is 0 Å². The third-order valence-corrected chi connectivity index (χ3v) is 3.95. The summed E-state index contributed by atoms with van der Waals surface area (Å²) < 4.78 is 5.30. The summed E-state index contributed by atoms with van der Waals surface area (Å²) in [4.78, 5) is 11.2. The average molecular weight is 294 g/mol. The number of hydrogen-bond donors (Lipinski definition) is 1. The Kier molecular flexibility index (Phi) is 4.02. The van der Waals surface area contributed by atoms with Crippen LogP contribution in [0.15, 0.2) is 4.52 Å². The lowest BCUT2D eigenvalue weighted by molar-refractivity contribution is 0.206. The molecule has 1 aliphatic rings. The zero-order valence-corrected chi connectivity index (χ0v) is 12.5. The van der Waals surface area contributed by atoms with Gasteiger partial charge in [0.05, 0.1) is 18.3 Å². The third kappa shape index (κ3) is 2.85. The molecule has 1 N–H and O–H groups in total. The molecule has 7 nitrogen and oxygen atoms in total. The smallest absolute Gasteiger partial charge is 0.240 e. The first-order valence-electron chi connectivity index (χ1n) is 6.69. The summed E-state index contributed by atoms with van der Waals surface area (Å²) in [5.41, 5.74) is 0. The highest BCUT2D eigenvalue weighted by Gasteiger charge is 2.30. The van der Waals surface area contributed by atoms with E-state index >= 15 is 0 Å². The van der Waals surface area contributed by atoms with Crippen molar-refractivity contribution in [3.63, 3.8) is 0 Å². The lowest BCUT2D eigenvalue weighted by Crippen LogP contribution is -2.23. The van der Waals surface area contributed by atoms with E-state index in [0.29, 0.717) is 12.4 Å². The van der Waals surface area contributed by atoms with E-state index in [1.165, 1.54) is 0 Å². The van der Waals surface area contributed by atoms with Crippen LogP contribution in [-0.2, 0) is 12.3 Å². The molecule has 0 aliphatic carbocycles. The molecule has 1 unspecified atom stereocenters. The van der Waals surface area contributed by atoms with Gasteiger partial charge in [-0.3, -0.25) is 10.00 Å². The molecule has 3 heterocycles. The van der Waals surface area contributed by atoms with Crippen molar-refractivity contribution in [2.24, 2.45) is 0 Å².